The molecule has 0 bridgehead atoms. The smallest absolute Gasteiger partial charge is 0.339 e. The molecule has 0 radical (unpaired) electrons. The van der Waals surface area contributed by atoms with Gasteiger partial charge in [0.05, 0.1) is 24.0 Å². The Morgan fingerprint density at radius 2 is 2.26 bits per heavy atom. The average Bonchev–Trinajstić information content (AvgIpc) is 2.87. The van der Waals surface area contributed by atoms with Crippen LogP contribution in [0.25, 0.3) is 0 Å². The third-order valence-corrected chi connectivity index (χ3v) is 3.25. The zero-order chi connectivity index (χ0) is 13.7. The second-order valence-electron chi connectivity index (χ2n) is 4.70. The minimum Gasteiger partial charge on any atom is -0.478 e. The fraction of sp³-hybridized carbons (Fsp3) is 0.615. The second-order valence-corrected chi connectivity index (χ2v) is 4.70. The maximum absolute atomic E-state index is 10.8. The van der Waals surface area contributed by atoms with Crippen LogP contribution in [-0.4, -0.2) is 40.3 Å². The lowest BCUT2D eigenvalue weighted by Gasteiger charge is -2.11. The topological polar surface area (TPSA) is 84.3 Å². The average molecular weight is 265 g/mol. The first-order valence-electron chi connectivity index (χ1n) is 6.59. The molecular weight excluding hydrogens is 246 g/mol. The van der Waals surface area contributed by atoms with E-state index in [1.807, 2.05) is 0 Å². The van der Waals surface area contributed by atoms with Crippen molar-refractivity contribution in [3.63, 3.8) is 0 Å². The number of ether oxygens (including phenoxy) is 1. The summed E-state index contributed by atoms with van der Waals surface area (Å²) in [6.07, 6.45) is 6.56. The maximum Gasteiger partial charge on any atom is 0.339 e. The molecule has 1 aliphatic rings. The molecule has 2 rings (SSSR count). The van der Waals surface area contributed by atoms with Gasteiger partial charge in [-0.2, -0.15) is 0 Å². The van der Waals surface area contributed by atoms with Crippen LogP contribution in [0, 0.1) is 6.92 Å². The Balaban J connectivity index is 1.76. The normalized spacial score (nSPS) is 15.6. The van der Waals surface area contributed by atoms with Gasteiger partial charge in [0.25, 0.3) is 0 Å². The summed E-state index contributed by atoms with van der Waals surface area (Å²) < 4.78 is 5.70. The minimum absolute atomic E-state index is 0.132. The van der Waals surface area contributed by atoms with E-state index in [0.29, 0.717) is 30.9 Å². The van der Waals surface area contributed by atoms with Crippen molar-refractivity contribution in [3.05, 3.63) is 17.5 Å². The first kappa shape index (κ1) is 13.7. The van der Waals surface area contributed by atoms with E-state index in [2.05, 4.69) is 15.3 Å². The molecule has 2 N–H and O–H groups in total. The van der Waals surface area contributed by atoms with Gasteiger partial charge in [0.2, 0.25) is 5.95 Å². The van der Waals surface area contributed by atoms with Gasteiger partial charge in [0.1, 0.15) is 0 Å². The van der Waals surface area contributed by atoms with Gasteiger partial charge in [-0.1, -0.05) is 12.8 Å². The fourth-order valence-electron chi connectivity index (χ4n) is 2.21. The van der Waals surface area contributed by atoms with E-state index in [4.69, 9.17) is 9.84 Å². The Morgan fingerprint density at radius 1 is 1.53 bits per heavy atom. The van der Waals surface area contributed by atoms with Gasteiger partial charge in [-0.15, -0.1) is 0 Å². The molecule has 1 saturated carbocycles. The van der Waals surface area contributed by atoms with E-state index in [1.165, 1.54) is 19.0 Å². The van der Waals surface area contributed by atoms with Crippen molar-refractivity contribution in [2.24, 2.45) is 0 Å². The van der Waals surface area contributed by atoms with Gasteiger partial charge in [0, 0.05) is 12.7 Å². The number of nitrogens with zero attached hydrogens (tertiary/aromatic N) is 2. The number of carboxylic acid groups (broad SMARTS) is 1. The lowest BCUT2D eigenvalue weighted by atomic mass is 10.2. The van der Waals surface area contributed by atoms with Gasteiger partial charge < -0.3 is 15.2 Å². The molecule has 1 aliphatic carbocycles. The number of anilines is 1. The number of carbonyl (C=O) groups is 1. The first-order valence-corrected chi connectivity index (χ1v) is 6.59. The summed E-state index contributed by atoms with van der Waals surface area (Å²) in [5, 5.41) is 11.9. The third kappa shape index (κ3) is 3.89. The highest BCUT2D eigenvalue weighted by Gasteiger charge is 2.14. The van der Waals surface area contributed by atoms with E-state index in [-0.39, 0.29) is 5.56 Å². The van der Waals surface area contributed by atoms with Gasteiger partial charge in [0.15, 0.2) is 0 Å². The molecule has 1 aromatic heterocycles. The molecule has 6 heteroatoms. The second kappa shape index (κ2) is 6.47. The summed E-state index contributed by atoms with van der Waals surface area (Å²) in [6.45, 7) is 2.90. The first-order chi connectivity index (χ1) is 9.16. The molecule has 1 aromatic rings. The molecule has 0 saturated heterocycles. The minimum atomic E-state index is -1.01. The lowest BCUT2D eigenvalue weighted by molar-refractivity contribution is 0.0657. The van der Waals surface area contributed by atoms with Crippen LogP contribution in [0.5, 0.6) is 0 Å². The Labute approximate surface area is 112 Å². The van der Waals surface area contributed by atoms with E-state index < -0.39 is 5.97 Å². The highest BCUT2D eigenvalue weighted by Crippen LogP contribution is 2.20. The van der Waals surface area contributed by atoms with Crippen molar-refractivity contribution in [3.8, 4) is 0 Å². The number of nitrogens with one attached hydrogen (secondary N) is 1. The summed E-state index contributed by atoms with van der Waals surface area (Å²) in [5.41, 5.74) is 0.592. The molecule has 0 unspecified atom stereocenters. The zero-order valence-electron chi connectivity index (χ0n) is 11.1. The van der Waals surface area contributed by atoms with Gasteiger partial charge in [-0.05, 0) is 19.8 Å². The number of hydrogen-bond donors (Lipinski definition) is 2. The number of aromatic nitrogens is 2. The molecule has 1 heterocycles. The molecule has 0 aromatic carbocycles. The lowest BCUT2D eigenvalue weighted by Crippen LogP contribution is -2.17. The summed E-state index contributed by atoms with van der Waals surface area (Å²) in [6, 6.07) is 0. The van der Waals surface area contributed by atoms with Crippen LogP contribution in [0.15, 0.2) is 6.20 Å². The Kier molecular flexibility index (Phi) is 4.68. The van der Waals surface area contributed by atoms with Crippen LogP contribution in [0.2, 0.25) is 0 Å². The summed E-state index contributed by atoms with van der Waals surface area (Å²) >= 11 is 0. The van der Waals surface area contributed by atoms with Gasteiger partial charge >= 0.3 is 5.97 Å². The predicted molar refractivity (Wildman–Crippen MR) is 70.4 cm³/mol. The van der Waals surface area contributed by atoms with Crippen LogP contribution < -0.4 is 5.32 Å². The maximum atomic E-state index is 10.8. The van der Waals surface area contributed by atoms with E-state index >= 15 is 0 Å². The van der Waals surface area contributed by atoms with Crippen molar-refractivity contribution in [2.45, 2.75) is 38.7 Å². The van der Waals surface area contributed by atoms with Crippen molar-refractivity contribution >= 4 is 11.9 Å². The number of aromatic carboxylic acids is 1. The fourth-order valence-corrected chi connectivity index (χ4v) is 2.21. The number of hydrogen-bond acceptors (Lipinski definition) is 5. The molecule has 104 valence electrons. The van der Waals surface area contributed by atoms with Crippen molar-refractivity contribution in [1.29, 1.82) is 0 Å². The number of aryl methyl sites for hydroxylation is 1. The van der Waals surface area contributed by atoms with Gasteiger partial charge in [-0.3, -0.25) is 0 Å². The van der Waals surface area contributed by atoms with Crippen LogP contribution in [0.3, 0.4) is 0 Å². The van der Waals surface area contributed by atoms with Crippen LogP contribution in [-0.2, 0) is 4.74 Å². The SMILES string of the molecule is Cc1nc(NCCOC2CCCC2)ncc1C(=O)O. The number of carboxylic acids is 1. The largest absolute Gasteiger partial charge is 0.478 e. The van der Waals surface area contributed by atoms with E-state index in [1.54, 1.807) is 6.92 Å². The van der Waals surface area contributed by atoms with E-state index in [0.717, 1.165) is 12.8 Å². The summed E-state index contributed by atoms with van der Waals surface area (Å²) in [7, 11) is 0. The van der Waals surface area contributed by atoms with Crippen LogP contribution in [0.4, 0.5) is 5.95 Å². The molecule has 0 atom stereocenters. The third-order valence-electron chi connectivity index (χ3n) is 3.25. The Hall–Kier alpha value is -1.69. The molecule has 0 amide bonds. The standard InChI is InChI=1S/C13H19N3O3/c1-9-11(12(17)18)8-15-13(16-9)14-6-7-19-10-4-2-3-5-10/h8,10H,2-7H2,1H3,(H,17,18)(H,14,15,16). The molecule has 19 heavy (non-hydrogen) atoms. The van der Waals surface area contributed by atoms with E-state index in [9.17, 15) is 4.79 Å². The zero-order valence-corrected chi connectivity index (χ0v) is 11.1. The van der Waals surface area contributed by atoms with Gasteiger partial charge in [-0.25, -0.2) is 14.8 Å². The van der Waals surface area contributed by atoms with Crippen molar-refractivity contribution in [2.75, 3.05) is 18.5 Å². The Bertz CT molecular complexity index is 445. The quantitative estimate of drug-likeness (QED) is 0.764. The highest BCUT2D eigenvalue weighted by molar-refractivity contribution is 5.88. The molecular formula is C13H19N3O3. The van der Waals surface area contributed by atoms with Crippen molar-refractivity contribution < 1.29 is 14.6 Å². The van der Waals surface area contributed by atoms with Crippen molar-refractivity contribution in [1.82, 2.24) is 9.97 Å². The monoisotopic (exact) mass is 265 g/mol. The molecule has 0 spiro atoms. The van der Waals surface area contributed by atoms with Crippen LogP contribution in [0.1, 0.15) is 41.7 Å². The molecule has 6 nitrogen and oxygen atoms in total. The summed E-state index contributed by atoms with van der Waals surface area (Å²) in [5.74, 6) is -0.564. The van der Waals surface area contributed by atoms with Crippen LogP contribution >= 0.6 is 0 Å². The predicted octanol–water partition coefficient (Wildman–Crippen LogP) is 1.85. The number of rotatable bonds is 6. The Morgan fingerprint density at radius 3 is 2.89 bits per heavy atom. The summed E-state index contributed by atoms with van der Waals surface area (Å²) in [4.78, 5) is 18.9. The molecule has 0 aliphatic heterocycles. The molecule has 1 fully saturated rings. The highest BCUT2D eigenvalue weighted by atomic mass is 16.5.